The SMILES string of the molecule is Cc1cc(Cl)ccc1OC(C)C(=O)N1CCN(C(C)C(=O)NC2CC2)CC1. The number of carbonyl (C=O) groups excluding carboxylic acids is 2. The molecule has 1 N–H and O–H groups in total. The van der Waals surface area contributed by atoms with Gasteiger partial charge in [-0.2, -0.15) is 0 Å². The Labute approximate surface area is 165 Å². The minimum Gasteiger partial charge on any atom is -0.481 e. The first kappa shape index (κ1) is 20.0. The predicted octanol–water partition coefficient (Wildman–Crippen LogP) is 2.23. The van der Waals surface area contributed by atoms with E-state index in [2.05, 4.69) is 10.2 Å². The molecule has 6 nitrogen and oxygen atoms in total. The maximum Gasteiger partial charge on any atom is 0.263 e. The third-order valence-corrected chi connectivity index (χ3v) is 5.50. The molecule has 1 saturated heterocycles. The molecule has 1 aliphatic heterocycles. The van der Waals surface area contributed by atoms with E-state index in [0.717, 1.165) is 18.4 Å². The highest BCUT2D eigenvalue weighted by atomic mass is 35.5. The first-order valence-electron chi connectivity index (χ1n) is 9.61. The van der Waals surface area contributed by atoms with Crippen molar-refractivity contribution in [2.75, 3.05) is 26.2 Å². The summed E-state index contributed by atoms with van der Waals surface area (Å²) in [5.41, 5.74) is 0.905. The van der Waals surface area contributed by atoms with E-state index in [-0.39, 0.29) is 17.9 Å². The fourth-order valence-electron chi connectivity index (χ4n) is 3.29. The van der Waals surface area contributed by atoms with Crippen LogP contribution in [-0.2, 0) is 9.59 Å². The van der Waals surface area contributed by atoms with Gasteiger partial charge in [-0.3, -0.25) is 14.5 Å². The van der Waals surface area contributed by atoms with Crippen LogP contribution < -0.4 is 10.1 Å². The van der Waals surface area contributed by atoms with Crippen LogP contribution in [0.3, 0.4) is 0 Å². The topological polar surface area (TPSA) is 61.9 Å². The summed E-state index contributed by atoms with van der Waals surface area (Å²) in [6.07, 6.45) is 1.62. The Kier molecular flexibility index (Phi) is 6.27. The molecule has 7 heteroatoms. The van der Waals surface area contributed by atoms with Gasteiger partial charge in [-0.15, -0.1) is 0 Å². The molecule has 0 bridgehead atoms. The van der Waals surface area contributed by atoms with E-state index in [9.17, 15) is 9.59 Å². The summed E-state index contributed by atoms with van der Waals surface area (Å²) in [6, 6.07) is 5.58. The number of ether oxygens (including phenoxy) is 1. The van der Waals surface area contributed by atoms with E-state index in [0.29, 0.717) is 43.0 Å². The van der Waals surface area contributed by atoms with Crippen LogP contribution in [-0.4, -0.2) is 66.0 Å². The average Bonchev–Trinajstić information content (AvgIpc) is 3.46. The van der Waals surface area contributed by atoms with E-state index in [1.54, 1.807) is 19.1 Å². The zero-order chi connectivity index (χ0) is 19.6. The van der Waals surface area contributed by atoms with Crippen molar-refractivity contribution in [3.8, 4) is 5.75 Å². The summed E-state index contributed by atoms with van der Waals surface area (Å²) in [6.45, 7) is 8.21. The zero-order valence-corrected chi connectivity index (χ0v) is 17.0. The number of aryl methyl sites for hydroxylation is 1. The molecule has 2 aliphatic rings. The lowest BCUT2D eigenvalue weighted by Gasteiger charge is -2.38. The highest BCUT2D eigenvalue weighted by Crippen LogP contribution is 2.23. The fraction of sp³-hybridized carbons (Fsp3) is 0.600. The van der Waals surface area contributed by atoms with Crippen LogP contribution >= 0.6 is 11.6 Å². The zero-order valence-electron chi connectivity index (χ0n) is 16.2. The number of benzene rings is 1. The molecule has 148 valence electrons. The second kappa shape index (κ2) is 8.48. The molecule has 3 rings (SSSR count). The third-order valence-electron chi connectivity index (χ3n) is 5.27. The summed E-state index contributed by atoms with van der Waals surface area (Å²) in [5, 5.41) is 3.70. The number of amides is 2. The third kappa shape index (κ3) is 5.14. The molecule has 2 unspecified atom stereocenters. The molecule has 2 fully saturated rings. The maximum atomic E-state index is 12.7. The van der Waals surface area contributed by atoms with Crippen LogP contribution in [0.15, 0.2) is 18.2 Å². The van der Waals surface area contributed by atoms with Gasteiger partial charge in [0.2, 0.25) is 5.91 Å². The predicted molar refractivity (Wildman–Crippen MR) is 105 cm³/mol. The molecule has 27 heavy (non-hydrogen) atoms. The van der Waals surface area contributed by atoms with Crippen LogP contribution in [0.2, 0.25) is 5.02 Å². The number of nitrogens with one attached hydrogen (secondary N) is 1. The molecule has 1 saturated carbocycles. The molecule has 1 aromatic rings. The smallest absolute Gasteiger partial charge is 0.263 e. The van der Waals surface area contributed by atoms with Crippen LogP contribution in [0, 0.1) is 6.92 Å². The van der Waals surface area contributed by atoms with E-state index in [1.807, 2.05) is 24.8 Å². The summed E-state index contributed by atoms with van der Waals surface area (Å²) in [4.78, 5) is 28.9. The summed E-state index contributed by atoms with van der Waals surface area (Å²) in [7, 11) is 0. The number of nitrogens with zero attached hydrogens (tertiary/aromatic N) is 2. The number of rotatable bonds is 6. The van der Waals surface area contributed by atoms with Gasteiger partial charge in [0, 0.05) is 37.2 Å². The maximum absolute atomic E-state index is 12.7. The van der Waals surface area contributed by atoms with Crippen molar-refractivity contribution in [1.29, 1.82) is 0 Å². The average molecular weight is 394 g/mol. The minimum absolute atomic E-state index is 0.0286. The van der Waals surface area contributed by atoms with E-state index in [1.165, 1.54) is 0 Å². The largest absolute Gasteiger partial charge is 0.481 e. The Hall–Kier alpha value is -1.79. The van der Waals surface area contributed by atoms with Gasteiger partial charge in [0.25, 0.3) is 5.91 Å². The van der Waals surface area contributed by atoms with Crippen molar-refractivity contribution < 1.29 is 14.3 Å². The Balaban J connectivity index is 1.49. The molecule has 0 radical (unpaired) electrons. The Morgan fingerprint density at radius 3 is 2.44 bits per heavy atom. The van der Waals surface area contributed by atoms with Gasteiger partial charge in [-0.25, -0.2) is 0 Å². The van der Waals surface area contributed by atoms with Crippen molar-refractivity contribution in [3.63, 3.8) is 0 Å². The number of hydrogen-bond acceptors (Lipinski definition) is 4. The van der Waals surface area contributed by atoms with Crippen molar-refractivity contribution in [2.45, 2.75) is 51.8 Å². The Morgan fingerprint density at radius 2 is 1.85 bits per heavy atom. The quantitative estimate of drug-likeness (QED) is 0.805. The Morgan fingerprint density at radius 1 is 1.19 bits per heavy atom. The van der Waals surface area contributed by atoms with Crippen LogP contribution in [0.1, 0.15) is 32.3 Å². The van der Waals surface area contributed by atoms with Gasteiger partial charge >= 0.3 is 0 Å². The van der Waals surface area contributed by atoms with Gasteiger partial charge in [0.1, 0.15) is 5.75 Å². The highest BCUT2D eigenvalue weighted by Gasteiger charge is 2.32. The molecule has 1 heterocycles. The van der Waals surface area contributed by atoms with Crippen molar-refractivity contribution >= 4 is 23.4 Å². The Bertz CT molecular complexity index is 700. The standard InChI is InChI=1S/C20H28ClN3O3/c1-13-12-16(21)4-7-18(13)27-15(3)20(26)24-10-8-23(9-11-24)14(2)19(25)22-17-5-6-17/h4,7,12,14-15,17H,5-6,8-11H2,1-3H3,(H,22,25). The van der Waals surface area contributed by atoms with E-state index >= 15 is 0 Å². The van der Waals surface area contributed by atoms with E-state index in [4.69, 9.17) is 16.3 Å². The molecule has 2 atom stereocenters. The van der Waals surface area contributed by atoms with Crippen molar-refractivity contribution in [2.24, 2.45) is 0 Å². The second-order valence-electron chi connectivity index (χ2n) is 7.49. The lowest BCUT2D eigenvalue weighted by Crippen LogP contribution is -2.56. The minimum atomic E-state index is -0.563. The van der Waals surface area contributed by atoms with Crippen molar-refractivity contribution in [3.05, 3.63) is 28.8 Å². The van der Waals surface area contributed by atoms with Crippen LogP contribution in [0.5, 0.6) is 5.75 Å². The normalized spacial score (nSPS) is 20.1. The summed E-state index contributed by atoms with van der Waals surface area (Å²) < 4.78 is 5.85. The first-order chi connectivity index (χ1) is 12.8. The van der Waals surface area contributed by atoms with Crippen LogP contribution in [0.4, 0.5) is 0 Å². The van der Waals surface area contributed by atoms with Gasteiger partial charge in [-0.1, -0.05) is 11.6 Å². The molecular weight excluding hydrogens is 366 g/mol. The fourth-order valence-corrected chi connectivity index (χ4v) is 3.51. The molecular formula is C20H28ClN3O3. The number of halogens is 1. The van der Waals surface area contributed by atoms with E-state index < -0.39 is 6.10 Å². The first-order valence-corrected chi connectivity index (χ1v) is 9.99. The number of carbonyl (C=O) groups is 2. The second-order valence-corrected chi connectivity index (χ2v) is 7.93. The van der Waals surface area contributed by atoms with Gasteiger partial charge in [0.05, 0.1) is 6.04 Å². The lowest BCUT2D eigenvalue weighted by molar-refractivity contribution is -0.140. The highest BCUT2D eigenvalue weighted by molar-refractivity contribution is 6.30. The summed E-state index contributed by atoms with van der Waals surface area (Å²) in [5.74, 6) is 0.732. The lowest BCUT2D eigenvalue weighted by atomic mass is 10.2. The number of piperazine rings is 1. The van der Waals surface area contributed by atoms with Gasteiger partial charge in [0.15, 0.2) is 6.10 Å². The monoisotopic (exact) mass is 393 g/mol. The molecule has 1 aromatic carbocycles. The molecule has 0 aromatic heterocycles. The molecule has 2 amide bonds. The van der Waals surface area contributed by atoms with Crippen LogP contribution in [0.25, 0.3) is 0 Å². The number of hydrogen-bond donors (Lipinski definition) is 1. The van der Waals surface area contributed by atoms with Crippen molar-refractivity contribution in [1.82, 2.24) is 15.1 Å². The molecule has 1 aliphatic carbocycles. The van der Waals surface area contributed by atoms with Gasteiger partial charge in [-0.05, 0) is 57.4 Å². The summed E-state index contributed by atoms with van der Waals surface area (Å²) >= 11 is 5.97. The molecule has 0 spiro atoms. The van der Waals surface area contributed by atoms with Gasteiger partial charge < -0.3 is 15.0 Å².